The Labute approximate surface area is 163 Å². The summed E-state index contributed by atoms with van der Waals surface area (Å²) >= 11 is 0. The van der Waals surface area contributed by atoms with Crippen LogP contribution >= 0.6 is 24.0 Å². The lowest BCUT2D eigenvalue weighted by Crippen LogP contribution is -2.33. The van der Waals surface area contributed by atoms with Crippen LogP contribution in [0.4, 0.5) is 8.78 Å². The fourth-order valence-electron chi connectivity index (χ4n) is 2.25. The SMILES string of the molecule is Cc1ccc(OC(F)F)c(CN=C(N)NCCc2ccccc2)c1.I. The van der Waals surface area contributed by atoms with E-state index in [2.05, 4.69) is 15.0 Å². The van der Waals surface area contributed by atoms with E-state index in [1.54, 1.807) is 12.1 Å². The second kappa shape index (κ2) is 10.9. The number of hydrogen-bond donors (Lipinski definition) is 2. The first kappa shape index (κ1) is 21.1. The lowest BCUT2D eigenvalue weighted by atomic mass is 10.1. The van der Waals surface area contributed by atoms with Crippen LogP contribution in [0.3, 0.4) is 0 Å². The second-order valence-electron chi connectivity index (χ2n) is 5.35. The Hall–Kier alpha value is -1.90. The quantitative estimate of drug-likeness (QED) is 0.374. The Bertz CT molecular complexity index is 681. The average molecular weight is 461 g/mol. The van der Waals surface area contributed by atoms with E-state index < -0.39 is 6.61 Å². The molecule has 4 nitrogen and oxygen atoms in total. The Kier molecular flexibility index (Phi) is 9.18. The Balaban J connectivity index is 0.00000312. The molecule has 0 fully saturated rings. The van der Waals surface area contributed by atoms with Crippen LogP contribution in [0.25, 0.3) is 0 Å². The summed E-state index contributed by atoms with van der Waals surface area (Å²) in [6.45, 7) is -0.167. The van der Waals surface area contributed by atoms with Gasteiger partial charge in [0, 0.05) is 12.1 Å². The Morgan fingerprint density at radius 2 is 1.92 bits per heavy atom. The molecule has 0 heterocycles. The number of ether oxygens (including phenoxy) is 1. The number of aryl methyl sites for hydroxylation is 1. The van der Waals surface area contributed by atoms with E-state index in [4.69, 9.17) is 5.73 Å². The summed E-state index contributed by atoms with van der Waals surface area (Å²) in [4.78, 5) is 4.19. The van der Waals surface area contributed by atoms with Crippen molar-refractivity contribution in [2.24, 2.45) is 10.7 Å². The highest BCUT2D eigenvalue weighted by atomic mass is 127. The van der Waals surface area contributed by atoms with Crippen molar-refractivity contribution in [2.45, 2.75) is 26.5 Å². The van der Waals surface area contributed by atoms with Crippen molar-refractivity contribution < 1.29 is 13.5 Å². The summed E-state index contributed by atoms with van der Waals surface area (Å²) in [5.41, 5.74) is 8.54. The minimum atomic E-state index is -2.86. The van der Waals surface area contributed by atoms with Crippen LogP contribution in [-0.4, -0.2) is 19.1 Å². The fraction of sp³-hybridized carbons (Fsp3) is 0.278. The van der Waals surface area contributed by atoms with Crippen LogP contribution in [0.15, 0.2) is 53.5 Å². The second-order valence-corrected chi connectivity index (χ2v) is 5.35. The minimum absolute atomic E-state index is 0. The molecule has 2 rings (SSSR count). The van der Waals surface area contributed by atoms with Crippen molar-refractivity contribution in [3.63, 3.8) is 0 Å². The van der Waals surface area contributed by atoms with E-state index in [0.717, 1.165) is 12.0 Å². The molecule has 136 valence electrons. The van der Waals surface area contributed by atoms with Crippen LogP contribution < -0.4 is 15.8 Å². The zero-order valence-corrected chi connectivity index (χ0v) is 16.2. The van der Waals surface area contributed by atoms with Gasteiger partial charge >= 0.3 is 6.61 Å². The molecule has 0 saturated heterocycles. The number of guanidine groups is 1. The number of alkyl halides is 2. The lowest BCUT2D eigenvalue weighted by Gasteiger charge is -2.11. The highest BCUT2D eigenvalue weighted by Crippen LogP contribution is 2.22. The van der Waals surface area contributed by atoms with E-state index in [1.807, 2.05) is 37.3 Å². The molecule has 0 spiro atoms. The highest BCUT2D eigenvalue weighted by Gasteiger charge is 2.09. The molecule has 3 N–H and O–H groups in total. The predicted octanol–water partition coefficient (Wildman–Crippen LogP) is 3.86. The molecular weight excluding hydrogens is 439 g/mol. The molecule has 0 aliphatic carbocycles. The number of nitrogens with zero attached hydrogens (tertiary/aromatic N) is 1. The maximum Gasteiger partial charge on any atom is 0.387 e. The minimum Gasteiger partial charge on any atom is -0.434 e. The summed E-state index contributed by atoms with van der Waals surface area (Å²) in [7, 11) is 0. The average Bonchev–Trinajstić information content (AvgIpc) is 2.55. The summed E-state index contributed by atoms with van der Waals surface area (Å²) in [5, 5.41) is 3.02. The number of hydrogen-bond acceptors (Lipinski definition) is 2. The molecule has 25 heavy (non-hydrogen) atoms. The van der Waals surface area contributed by atoms with E-state index in [0.29, 0.717) is 12.1 Å². The summed E-state index contributed by atoms with van der Waals surface area (Å²) in [6, 6.07) is 15.0. The normalized spacial score (nSPS) is 11.1. The van der Waals surface area contributed by atoms with Gasteiger partial charge in [-0.05, 0) is 25.0 Å². The third-order valence-electron chi connectivity index (χ3n) is 3.41. The zero-order chi connectivity index (χ0) is 17.4. The molecule has 0 aliphatic rings. The van der Waals surface area contributed by atoms with Gasteiger partial charge in [-0.15, -0.1) is 24.0 Å². The van der Waals surface area contributed by atoms with Gasteiger partial charge in [0.15, 0.2) is 5.96 Å². The van der Waals surface area contributed by atoms with E-state index in [9.17, 15) is 8.78 Å². The molecule has 0 aromatic heterocycles. The predicted molar refractivity (Wildman–Crippen MR) is 107 cm³/mol. The molecular formula is C18H22F2IN3O. The van der Waals surface area contributed by atoms with Gasteiger partial charge < -0.3 is 15.8 Å². The maximum absolute atomic E-state index is 12.4. The summed E-state index contributed by atoms with van der Waals surface area (Å²) in [5.74, 6) is 0.395. The van der Waals surface area contributed by atoms with E-state index in [-0.39, 0.29) is 42.2 Å². The zero-order valence-electron chi connectivity index (χ0n) is 13.9. The molecule has 0 bridgehead atoms. The standard InChI is InChI=1S/C18H21F2N3O.HI/c1-13-7-8-16(24-17(19)20)15(11-13)12-23-18(21)22-10-9-14-5-3-2-4-6-14;/h2-8,11,17H,9-10,12H2,1H3,(H3,21,22,23);1H. The van der Waals surface area contributed by atoms with Gasteiger partial charge in [-0.2, -0.15) is 8.78 Å². The van der Waals surface area contributed by atoms with Gasteiger partial charge in [-0.1, -0.05) is 48.0 Å². The molecule has 0 radical (unpaired) electrons. The molecule has 2 aromatic carbocycles. The van der Waals surface area contributed by atoms with Crippen molar-refractivity contribution in [1.82, 2.24) is 5.32 Å². The van der Waals surface area contributed by atoms with Gasteiger partial charge in [-0.25, -0.2) is 4.99 Å². The van der Waals surface area contributed by atoms with Crippen molar-refractivity contribution in [1.29, 1.82) is 0 Å². The first-order valence-electron chi connectivity index (χ1n) is 7.66. The number of nitrogens with one attached hydrogen (secondary N) is 1. The first-order chi connectivity index (χ1) is 11.5. The maximum atomic E-state index is 12.4. The van der Waals surface area contributed by atoms with Crippen LogP contribution in [0.2, 0.25) is 0 Å². The van der Waals surface area contributed by atoms with Gasteiger partial charge in [0.25, 0.3) is 0 Å². The van der Waals surface area contributed by atoms with Crippen LogP contribution in [-0.2, 0) is 13.0 Å². The Morgan fingerprint density at radius 3 is 2.60 bits per heavy atom. The number of nitrogens with two attached hydrogens (primary N) is 1. The number of halogens is 3. The van der Waals surface area contributed by atoms with E-state index in [1.165, 1.54) is 11.6 Å². The summed E-state index contributed by atoms with van der Waals surface area (Å²) < 4.78 is 29.4. The molecule has 2 aromatic rings. The van der Waals surface area contributed by atoms with Gasteiger partial charge in [0.2, 0.25) is 0 Å². The van der Waals surface area contributed by atoms with Gasteiger partial charge in [0.05, 0.1) is 6.54 Å². The van der Waals surface area contributed by atoms with Crippen LogP contribution in [0.5, 0.6) is 5.75 Å². The largest absolute Gasteiger partial charge is 0.434 e. The molecule has 0 aliphatic heterocycles. The topological polar surface area (TPSA) is 59.6 Å². The van der Waals surface area contributed by atoms with Crippen molar-refractivity contribution in [3.8, 4) is 5.75 Å². The third-order valence-corrected chi connectivity index (χ3v) is 3.41. The molecule has 0 unspecified atom stereocenters. The van der Waals surface area contributed by atoms with Crippen molar-refractivity contribution in [2.75, 3.05) is 6.54 Å². The number of benzene rings is 2. The number of aliphatic imine (C=N–C) groups is 1. The third kappa shape index (κ3) is 7.68. The van der Waals surface area contributed by atoms with Gasteiger partial charge in [0.1, 0.15) is 5.75 Å². The first-order valence-corrected chi connectivity index (χ1v) is 7.66. The summed E-state index contributed by atoms with van der Waals surface area (Å²) in [6.07, 6.45) is 0.821. The smallest absolute Gasteiger partial charge is 0.387 e. The molecule has 0 saturated carbocycles. The fourth-order valence-corrected chi connectivity index (χ4v) is 2.25. The van der Waals surface area contributed by atoms with Gasteiger partial charge in [-0.3, -0.25) is 0 Å². The lowest BCUT2D eigenvalue weighted by molar-refractivity contribution is -0.0504. The van der Waals surface area contributed by atoms with Crippen LogP contribution in [0.1, 0.15) is 16.7 Å². The van der Waals surface area contributed by atoms with Crippen molar-refractivity contribution >= 4 is 29.9 Å². The van der Waals surface area contributed by atoms with E-state index >= 15 is 0 Å². The monoisotopic (exact) mass is 461 g/mol. The molecule has 0 atom stereocenters. The van der Waals surface area contributed by atoms with Crippen molar-refractivity contribution in [3.05, 3.63) is 65.2 Å². The highest BCUT2D eigenvalue weighted by molar-refractivity contribution is 14.0. The molecule has 0 amide bonds. The number of rotatable bonds is 7. The Morgan fingerprint density at radius 1 is 1.20 bits per heavy atom. The molecule has 7 heteroatoms. The van der Waals surface area contributed by atoms with Crippen LogP contribution in [0, 0.1) is 6.92 Å².